The summed E-state index contributed by atoms with van der Waals surface area (Å²) in [4.78, 5) is 10.6. The first-order valence-corrected chi connectivity index (χ1v) is 3.83. The maximum absolute atomic E-state index is 12.8. The summed E-state index contributed by atoms with van der Waals surface area (Å²) in [5.41, 5.74) is 4.63. The van der Waals surface area contributed by atoms with E-state index in [0.29, 0.717) is 6.92 Å². The molecule has 76 valence electrons. The maximum Gasteiger partial charge on any atom is 0.337 e. The van der Waals surface area contributed by atoms with Crippen LogP contribution >= 0.6 is 0 Å². The number of rotatable bonds is 2. The van der Waals surface area contributed by atoms with Gasteiger partial charge in [-0.15, -0.1) is 0 Å². The third kappa shape index (κ3) is 1.99. The molecule has 0 atom stereocenters. The van der Waals surface area contributed by atoms with Crippen molar-refractivity contribution in [3.05, 3.63) is 29.3 Å². The smallest absolute Gasteiger partial charge is 0.337 e. The normalized spacial score (nSPS) is 11.4. The molecule has 0 fully saturated rings. The van der Waals surface area contributed by atoms with Gasteiger partial charge in [-0.05, 0) is 12.1 Å². The molecular formula is C9H9F2NO2. The summed E-state index contributed by atoms with van der Waals surface area (Å²) in [6, 6.07) is 3.16. The second-order valence-electron chi connectivity index (χ2n) is 3.00. The highest BCUT2D eigenvalue weighted by molar-refractivity contribution is 5.93. The van der Waals surface area contributed by atoms with E-state index in [-0.39, 0.29) is 16.8 Å². The third-order valence-electron chi connectivity index (χ3n) is 1.79. The third-order valence-corrected chi connectivity index (χ3v) is 1.79. The first kappa shape index (κ1) is 10.4. The van der Waals surface area contributed by atoms with Crippen LogP contribution in [0.1, 0.15) is 22.8 Å². The van der Waals surface area contributed by atoms with E-state index in [4.69, 9.17) is 10.8 Å². The fraction of sp³-hybridized carbons (Fsp3) is 0.222. The minimum absolute atomic E-state index is 0.0227. The van der Waals surface area contributed by atoms with Crippen LogP contribution in [0, 0.1) is 0 Å². The Hall–Kier alpha value is -1.65. The molecule has 0 unspecified atom stereocenters. The monoisotopic (exact) mass is 201 g/mol. The van der Waals surface area contributed by atoms with Gasteiger partial charge in [-0.25, -0.2) is 13.6 Å². The zero-order chi connectivity index (χ0) is 10.9. The summed E-state index contributed by atoms with van der Waals surface area (Å²) in [7, 11) is 0. The van der Waals surface area contributed by atoms with Crippen LogP contribution in [0.15, 0.2) is 18.2 Å². The van der Waals surface area contributed by atoms with Crippen molar-refractivity contribution in [2.75, 3.05) is 5.73 Å². The number of carbonyl (C=O) groups is 1. The number of anilines is 1. The SMILES string of the molecule is CC(F)(F)c1ccc(N)c(C(=O)O)c1. The minimum Gasteiger partial charge on any atom is -0.478 e. The van der Waals surface area contributed by atoms with Gasteiger partial charge < -0.3 is 10.8 Å². The highest BCUT2D eigenvalue weighted by Crippen LogP contribution is 2.29. The van der Waals surface area contributed by atoms with Crippen LogP contribution in [0.2, 0.25) is 0 Å². The van der Waals surface area contributed by atoms with Crippen LogP contribution in [0.4, 0.5) is 14.5 Å². The molecule has 0 saturated heterocycles. The lowest BCUT2D eigenvalue weighted by Gasteiger charge is -2.11. The summed E-state index contributed by atoms with van der Waals surface area (Å²) in [5.74, 6) is -4.37. The Balaban J connectivity index is 3.27. The lowest BCUT2D eigenvalue weighted by atomic mass is 10.0. The lowest BCUT2D eigenvalue weighted by Crippen LogP contribution is -2.10. The number of aromatic carboxylic acids is 1. The van der Waals surface area contributed by atoms with E-state index in [9.17, 15) is 13.6 Å². The van der Waals surface area contributed by atoms with Gasteiger partial charge in [0.2, 0.25) is 0 Å². The molecule has 1 rings (SSSR count). The number of halogens is 2. The first-order valence-electron chi connectivity index (χ1n) is 3.83. The predicted octanol–water partition coefficient (Wildman–Crippen LogP) is 2.08. The van der Waals surface area contributed by atoms with Gasteiger partial charge >= 0.3 is 5.97 Å². The molecule has 0 aliphatic rings. The van der Waals surface area contributed by atoms with Crippen LogP contribution in [-0.2, 0) is 5.92 Å². The zero-order valence-electron chi connectivity index (χ0n) is 7.42. The molecular weight excluding hydrogens is 192 g/mol. The Kier molecular flexibility index (Phi) is 2.42. The van der Waals surface area contributed by atoms with Crippen LogP contribution in [-0.4, -0.2) is 11.1 Å². The van der Waals surface area contributed by atoms with E-state index in [1.165, 1.54) is 0 Å². The number of alkyl halides is 2. The molecule has 0 aliphatic heterocycles. The largest absolute Gasteiger partial charge is 0.478 e. The molecule has 0 spiro atoms. The number of nitrogens with two attached hydrogens (primary N) is 1. The van der Waals surface area contributed by atoms with Crippen molar-refractivity contribution in [1.29, 1.82) is 0 Å². The molecule has 3 N–H and O–H groups in total. The Bertz CT molecular complexity index is 372. The molecule has 0 amide bonds. The lowest BCUT2D eigenvalue weighted by molar-refractivity contribution is 0.0174. The number of carboxylic acids is 1. The van der Waals surface area contributed by atoms with Gasteiger partial charge in [0.1, 0.15) is 0 Å². The number of hydrogen-bond donors (Lipinski definition) is 2. The van der Waals surface area contributed by atoms with E-state index in [2.05, 4.69) is 0 Å². The number of carboxylic acid groups (broad SMARTS) is 1. The van der Waals surface area contributed by atoms with Gasteiger partial charge in [0.25, 0.3) is 5.92 Å². The molecule has 0 saturated carbocycles. The highest BCUT2D eigenvalue weighted by Gasteiger charge is 2.25. The van der Waals surface area contributed by atoms with E-state index < -0.39 is 11.9 Å². The van der Waals surface area contributed by atoms with Crippen molar-refractivity contribution < 1.29 is 18.7 Å². The fourth-order valence-corrected chi connectivity index (χ4v) is 1.01. The molecule has 0 aliphatic carbocycles. The van der Waals surface area contributed by atoms with Gasteiger partial charge in [0.15, 0.2) is 0 Å². The molecule has 14 heavy (non-hydrogen) atoms. The topological polar surface area (TPSA) is 63.3 Å². The summed E-state index contributed by atoms with van der Waals surface area (Å²) in [6.07, 6.45) is 0. The van der Waals surface area contributed by atoms with Gasteiger partial charge in [-0.1, -0.05) is 6.07 Å². The summed E-state index contributed by atoms with van der Waals surface area (Å²) in [5, 5.41) is 8.63. The van der Waals surface area contributed by atoms with E-state index in [1.54, 1.807) is 0 Å². The van der Waals surface area contributed by atoms with Gasteiger partial charge in [-0.2, -0.15) is 0 Å². The van der Waals surface area contributed by atoms with Crippen molar-refractivity contribution in [3.63, 3.8) is 0 Å². The molecule has 0 heterocycles. The second kappa shape index (κ2) is 3.25. The Labute approximate surface area is 79.2 Å². The number of benzene rings is 1. The second-order valence-corrected chi connectivity index (χ2v) is 3.00. The van der Waals surface area contributed by atoms with Crippen molar-refractivity contribution >= 4 is 11.7 Å². The van der Waals surface area contributed by atoms with Gasteiger partial charge in [0, 0.05) is 18.2 Å². The van der Waals surface area contributed by atoms with Crippen LogP contribution < -0.4 is 5.73 Å². The van der Waals surface area contributed by atoms with Crippen molar-refractivity contribution in [3.8, 4) is 0 Å². The Morgan fingerprint density at radius 3 is 2.50 bits per heavy atom. The Morgan fingerprint density at radius 1 is 1.50 bits per heavy atom. The minimum atomic E-state index is -3.06. The highest BCUT2D eigenvalue weighted by atomic mass is 19.3. The molecule has 5 heteroatoms. The van der Waals surface area contributed by atoms with Gasteiger partial charge in [0.05, 0.1) is 5.56 Å². The average Bonchev–Trinajstić information content (AvgIpc) is 2.02. The van der Waals surface area contributed by atoms with Crippen LogP contribution in [0.25, 0.3) is 0 Å². The van der Waals surface area contributed by atoms with Crippen molar-refractivity contribution in [1.82, 2.24) is 0 Å². The molecule has 3 nitrogen and oxygen atoms in total. The first-order chi connectivity index (χ1) is 6.32. The van der Waals surface area contributed by atoms with Crippen molar-refractivity contribution in [2.24, 2.45) is 0 Å². The quantitative estimate of drug-likeness (QED) is 0.720. The molecule has 1 aromatic rings. The average molecular weight is 201 g/mol. The van der Waals surface area contributed by atoms with E-state index in [1.807, 2.05) is 0 Å². The molecule has 0 radical (unpaired) electrons. The van der Waals surface area contributed by atoms with E-state index in [0.717, 1.165) is 18.2 Å². The number of nitrogen functional groups attached to an aromatic ring is 1. The molecule has 0 aromatic heterocycles. The van der Waals surface area contributed by atoms with Gasteiger partial charge in [-0.3, -0.25) is 0 Å². The summed E-state index contributed by atoms with van der Waals surface area (Å²) < 4.78 is 25.6. The fourth-order valence-electron chi connectivity index (χ4n) is 1.01. The van der Waals surface area contributed by atoms with E-state index >= 15 is 0 Å². The standard InChI is InChI=1S/C9H9F2NO2/c1-9(10,11)5-2-3-7(12)6(4-5)8(13)14/h2-4H,12H2,1H3,(H,13,14). The van der Waals surface area contributed by atoms with Crippen LogP contribution in [0.3, 0.4) is 0 Å². The van der Waals surface area contributed by atoms with Crippen LogP contribution in [0.5, 0.6) is 0 Å². The molecule has 0 bridgehead atoms. The zero-order valence-corrected chi connectivity index (χ0v) is 7.42. The summed E-state index contributed by atoms with van der Waals surface area (Å²) in [6.45, 7) is 0.699. The van der Waals surface area contributed by atoms with Crippen molar-refractivity contribution in [2.45, 2.75) is 12.8 Å². The molecule has 1 aromatic carbocycles. The summed E-state index contributed by atoms with van der Waals surface area (Å²) >= 11 is 0. The number of hydrogen-bond acceptors (Lipinski definition) is 2. The Morgan fingerprint density at radius 2 is 2.07 bits per heavy atom. The predicted molar refractivity (Wildman–Crippen MR) is 47.4 cm³/mol. The maximum atomic E-state index is 12.8.